The summed E-state index contributed by atoms with van der Waals surface area (Å²) in [6, 6.07) is 8.50. The lowest BCUT2D eigenvalue weighted by Gasteiger charge is -2.14. The summed E-state index contributed by atoms with van der Waals surface area (Å²) >= 11 is 1.60. The zero-order valence-corrected chi connectivity index (χ0v) is 14.5. The van der Waals surface area contributed by atoms with Crippen molar-refractivity contribution in [2.45, 2.75) is 50.1 Å². The van der Waals surface area contributed by atoms with Gasteiger partial charge in [0.15, 0.2) is 5.16 Å². The van der Waals surface area contributed by atoms with E-state index in [1.165, 1.54) is 11.1 Å². The van der Waals surface area contributed by atoms with Crippen molar-refractivity contribution in [1.82, 2.24) is 14.9 Å². The van der Waals surface area contributed by atoms with Crippen LogP contribution in [0.3, 0.4) is 0 Å². The summed E-state index contributed by atoms with van der Waals surface area (Å²) in [4.78, 5) is 16.8. The van der Waals surface area contributed by atoms with E-state index in [0.29, 0.717) is 0 Å². The van der Waals surface area contributed by atoms with Gasteiger partial charge in [-0.2, -0.15) is 0 Å². The maximum atomic E-state index is 12.2. The quantitative estimate of drug-likeness (QED) is 0.931. The number of hydrogen-bond acceptors (Lipinski definition) is 3. The lowest BCUT2D eigenvalue weighted by atomic mass is 10.1. The number of rotatable bonds is 4. The van der Waals surface area contributed by atoms with Gasteiger partial charge in [0.25, 0.3) is 0 Å². The Morgan fingerprint density at radius 2 is 2.09 bits per heavy atom. The molecule has 1 N–H and O–H groups in total. The number of benzene rings is 1. The van der Waals surface area contributed by atoms with Crippen LogP contribution in [0.15, 0.2) is 35.6 Å². The number of aromatic nitrogens is 2. The number of thioether (sulfide) groups is 1. The third-order valence-corrected chi connectivity index (χ3v) is 5.49. The van der Waals surface area contributed by atoms with Gasteiger partial charge in [-0.3, -0.25) is 4.79 Å². The van der Waals surface area contributed by atoms with Crippen molar-refractivity contribution in [1.29, 1.82) is 0 Å². The van der Waals surface area contributed by atoms with Gasteiger partial charge in [-0.15, -0.1) is 0 Å². The molecule has 1 aromatic heterocycles. The molecule has 0 bridgehead atoms. The summed E-state index contributed by atoms with van der Waals surface area (Å²) in [6.07, 6.45) is 5.01. The van der Waals surface area contributed by atoms with Crippen LogP contribution in [0.2, 0.25) is 0 Å². The summed E-state index contributed by atoms with van der Waals surface area (Å²) in [7, 11) is 0. The molecule has 5 heteroatoms. The summed E-state index contributed by atoms with van der Waals surface area (Å²) in [6.45, 7) is 5.86. The Labute approximate surface area is 141 Å². The van der Waals surface area contributed by atoms with Gasteiger partial charge in [0.1, 0.15) is 0 Å². The monoisotopic (exact) mass is 329 g/mol. The number of amides is 1. The number of carbonyl (C=O) groups excluding carboxylic acids is 1. The number of hydrogen-bond donors (Lipinski definition) is 1. The first-order valence-electron chi connectivity index (χ1n) is 8.26. The fourth-order valence-corrected chi connectivity index (χ4v) is 4.06. The van der Waals surface area contributed by atoms with Crippen molar-refractivity contribution in [2.24, 2.45) is 0 Å². The molecule has 2 heterocycles. The Balaban J connectivity index is 1.85. The molecule has 0 spiro atoms. The van der Waals surface area contributed by atoms with E-state index in [1.807, 2.05) is 6.20 Å². The highest BCUT2D eigenvalue weighted by Gasteiger charge is 2.24. The molecule has 0 radical (unpaired) electrons. The van der Waals surface area contributed by atoms with Crippen LogP contribution in [0.1, 0.15) is 31.7 Å². The third kappa shape index (κ3) is 3.61. The van der Waals surface area contributed by atoms with Crippen LogP contribution in [-0.4, -0.2) is 27.3 Å². The van der Waals surface area contributed by atoms with E-state index >= 15 is 0 Å². The molecule has 1 aliphatic heterocycles. The standard InChI is InChI=1S/C18H23N3OS/c1-3-21-15(14-9-7-13(2)8-10-14)12-20-18(21)23-16-6-4-5-11-19-17(16)22/h7-10,12,16H,3-6,11H2,1-2H3,(H,19,22). The Morgan fingerprint density at radius 1 is 1.30 bits per heavy atom. The second-order valence-electron chi connectivity index (χ2n) is 5.93. The van der Waals surface area contributed by atoms with Crippen molar-refractivity contribution < 1.29 is 4.79 Å². The second-order valence-corrected chi connectivity index (χ2v) is 7.10. The van der Waals surface area contributed by atoms with E-state index in [0.717, 1.165) is 43.2 Å². The van der Waals surface area contributed by atoms with Gasteiger partial charge >= 0.3 is 0 Å². The number of nitrogens with one attached hydrogen (secondary N) is 1. The molecular weight excluding hydrogens is 306 g/mol. The number of nitrogens with zero attached hydrogens (tertiary/aromatic N) is 2. The van der Waals surface area contributed by atoms with Gasteiger partial charge < -0.3 is 9.88 Å². The smallest absolute Gasteiger partial charge is 0.233 e. The minimum atomic E-state index is -0.0314. The van der Waals surface area contributed by atoms with Gasteiger partial charge in [-0.1, -0.05) is 48.0 Å². The molecule has 1 atom stereocenters. The van der Waals surface area contributed by atoms with Crippen LogP contribution in [0, 0.1) is 6.92 Å². The zero-order valence-electron chi connectivity index (χ0n) is 13.7. The molecule has 4 nitrogen and oxygen atoms in total. The average Bonchev–Trinajstić information content (AvgIpc) is 2.85. The SMILES string of the molecule is CCn1c(-c2ccc(C)cc2)cnc1SC1CCCCNC1=O. The molecule has 0 aliphatic carbocycles. The van der Waals surface area contributed by atoms with Crippen LogP contribution in [-0.2, 0) is 11.3 Å². The fraction of sp³-hybridized carbons (Fsp3) is 0.444. The Kier molecular flexibility index (Phi) is 5.06. The zero-order chi connectivity index (χ0) is 16.2. The Bertz CT molecular complexity index is 678. The van der Waals surface area contributed by atoms with Gasteiger partial charge in [0, 0.05) is 13.1 Å². The highest BCUT2D eigenvalue weighted by Crippen LogP contribution is 2.31. The molecule has 1 saturated heterocycles. The molecule has 23 heavy (non-hydrogen) atoms. The van der Waals surface area contributed by atoms with Crippen molar-refractivity contribution in [3.63, 3.8) is 0 Å². The Morgan fingerprint density at radius 3 is 2.83 bits per heavy atom. The first kappa shape index (κ1) is 16.1. The molecule has 2 aromatic rings. The number of aryl methyl sites for hydroxylation is 1. The number of carbonyl (C=O) groups is 1. The van der Waals surface area contributed by atoms with E-state index in [-0.39, 0.29) is 11.2 Å². The molecule has 0 saturated carbocycles. The van der Waals surface area contributed by atoms with Crippen molar-refractivity contribution in [3.05, 3.63) is 36.0 Å². The third-order valence-electron chi connectivity index (χ3n) is 4.21. The predicted octanol–water partition coefficient (Wildman–Crippen LogP) is 3.64. The molecule has 1 aromatic carbocycles. The average molecular weight is 329 g/mol. The molecule has 1 amide bonds. The van der Waals surface area contributed by atoms with Gasteiger partial charge in [0.05, 0.1) is 17.1 Å². The summed E-state index contributed by atoms with van der Waals surface area (Å²) in [5.74, 6) is 0.148. The van der Waals surface area contributed by atoms with Crippen molar-refractivity contribution in [2.75, 3.05) is 6.54 Å². The van der Waals surface area contributed by atoms with E-state index < -0.39 is 0 Å². The molecule has 3 rings (SSSR count). The van der Waals surface area contributed by atoms with E-state index in [9.17, 15) is 4.79 Å². The minimum Gasteiger partial charge on any atom is -0.355 e. The van der Waals surface area contributed by atoms with Gasteiger partial charge in [-0.25, -0.2) is 4.98 Å². The van der Waals surface area contributed by atoms with Crippen LogP contribution in [0.25, 0.3) is 11.3 Å². The first-order chi connectivity index (χ1) is 11.2. The van der Waals surface area contributed by atoms with Gasteiger partial charge in [0.2, 0.25) is 5.91 Å². The molecule has 122 valence electrons. The second kappa shape index (κ2) is 7.21. The maximum absolute atomic E-state index is 12.2. The molecule has 1 fully saturated rings. The van der Waals surface area contributed by atoms with E-state index in [4.69, 9.17) is 0 Å². The lowest BCUT2D eigenvalue weighted by Crippen LogP contribution is -2.30. The summed E-state index contributed by atoms with van der Waals surface area (Å²) in [5.41, 5.74) is 3.53. The van der Waals surface area contributed by atoms with Crippen LogP contribution in [0.4, 0.5) is 0 Å². The van der Waals surface area contributed by atoms with Crippen LogP contribution in [0.5, 0.6) is 0 Å². The highest BCUT2D eigenvalue weighted by atomic mass is 32.2. The molecule has 1 unspecified atom stereocenters. The van der Waals surface area contributed by atoms with Crippen molar-refractivity contribution in [3.8, 4) is 11.3 Å². The fourth-order valence-electron chi connectivity index (χ4n) is 2.86. The van der Waals surface area contributed by atoms with Gasteiger partial charge in [-0.05, 0) is 32.3 Å². The van der Waals surface area contributed by atoms with Crippen molar-refractivity contribution >= 4 is 17.7 Å². The first-order valence-corrected chi connectivity index (χ1v) is 9.14. The lowest BCUT2D eigenvalue weighted by molar-refractivity contribution is -0.120. The van der Waals surface area contributed by atoms with E-state index in [1.54, 1.807) is 11.8 Å². The molecular formula is C18H23N3OS. The number of imidazole rings is 1. The van der Waals surface area contributed by atoms with Crippen LogP contribution >= 0.6 is 11.8 Å². The highest BCUT2D eigenvalue weighted by molar-refractivity contribution is 8.00. The Hall–Kier alpha value is -1.75. The predicted molar refractivity (Wildman–Crippen MR) is 94.6 cm³/mol. The van der Waals surface area contributed by atoms with Crippen LogP contribution < -0.4 is 5.32 Å². The molecule has 1 aliphatic rings. The summed E-state index contributed by atoms with van der Waals surface area (Å²) in [5, 5.41) is 3.90. The largest absolute Gasteiger partial charge is 0.355 e. The maximum Gasteiger partial charge on any atom is 0.233 e. The van der Waals surface area contributed by atoms with E-state index in [2.05, 4.69) is 53.0 Å². The topological polar surface area (TPSA) is 46.9 Å². The summed E-state index contributed by atoms with van der Waals surface area (Å²) < 4.78 is 2.20. The minimum absolute atomic E-state index is 0.0314. The normalized spacial score (nSPS) is 18.5.